The molecule has 3 atom stereocenters. The minimum Gasteiger partial charge on any atom is -0.411 e. The zero-order valence-electron chi connectivity index (χ0n) is 21.0. The first-order valence-electron chi connectivity index (χ1n) is 11.4. The number of carbonyl (C=O) groups is 1. The third-order valence-corrected chi connectivity index (χ3v) is 11.5. The fourth-order valence-corrected chi connectivity index (χ4v) is 5.34. The molecule has 0 aromatic carbocycles. The summed E-state index contributed by atoms with van der Waals surface area (Å²) in [5.41, 5.74) is 0.649. The molecule has 1 rings (SSSR count). The average Bonchev–Trinajstić information content (AvgIpc) is 3.04. The number of thiazole rings is 1. The molecule has 1 N–H and O–H groups in total. The highest BCUT2D eigenvalue weighted by Gasteiger charge is 2.40. The van der Waals surface area contributed by atoms with Crippen LogP contribution < -0.4 is 0 Å². The number of carbonyl (C=O) groups excluding carboxylic acids is 1. The summed E-state index contributed by atoms with van der Waals surface area (Å²) in [6.07, 6.45) is 9.68. The van der Waals surface area contributed by atoms with Crippen LogP contribution in [0.1, 0.15) is 77.1 Å². The smallest absolute Gasteiger partial charge is 0.192 e. The number of aliphatic hydroxyl groups is 1. The van der Waals surface area contributed by atoms with E-state index >= 15 is 0 Å². The van der Waals surface area contributed by atoms with Crippen molar-refractivity contribution < 1.29 is 14.3 Å². The van der Waals surface area contributed by atoms with Gasteiger partial charge in [-0.3, -0.25) is 4.79 Å². The number of aryl methyl sites for hydroxylation is 1. The van der Waals surface area contributed by atoms with E-state index in [4.69, 9.17) is 4.43 Å². The Labute approximate surface area is 195 Å². The second kappa shape index (κ2) is 12.2. The molecule has 0 aliphatic rings. The van der Waals surface area contributed by atoms with Gasteiger partial charge in [-0.1, -0.05) is 46.3 Å². The van der Waals surface area contributed by atoms with Crippen molar-refractivity contribution in [2.75, 3.05) is 0 Å². The van der Waals surface area contributed by atoms with Crippen molar-refractivity contribution in [1.82, 2.24) is 4.98 Å². The molecule has 1 aromatic heterocycles. The number of aromatic nitrogens is 1. The van der Waals surface area contributed by atoms with E-state index in [1.165, 1.54) is 0 Å². The van der Waals surface area contributed by atoms with Gasteiger partial charge >= 0.3 is 0 Å². The Morgan fingerprint density at radius 2 is 1.97 bits per heavy atom. The SMILES string of the molecule is C/C=C/[C@@H](C)CCC[C@@H](O[Si](C)(C)C(C)(C)C)[C@H](O)CC(=O)/C(C)=C/c1cnc(C)s1. The summed E-state index contributed by atoms with van der Waals surface area (Å²) in [6.45, 7) is 19.0. The number of nitrogens with zero attached hydrogens (tertiary/aromatic N) is 1. The van der Waals surface area contributed by atoms with E-state index in [1.54, 1.807) is 17.5 Å². The lowest BCUT2D eigenvalue weighted by Crippen LogP contribution is -2.47. The monoisotopic (exact) mass is 465 g/mol. The van der Waals surface area contributed by atoms with E-state index in [1.807, 2.05) is 26.8 Å². The quantitative estimate of drug-likeness (QED) is 0.206. The summed E-state index contributed by atoms with van der Waals surface area (Å²) in [7, 11) is -2.07. The standard InChI is InChI=1S/C25H43NO3SSi/c1-10-12-18(2)13-11-14-24(29-31(8,9)25(5,6)7)23(28)16-22(27)19(3)15-21-17-26-20(4)30-21/h10,12,15,17-18,23-24,28H,11,13-14,16H2,1-9H3/b12-10+,19-15+/t18-,23-,24-/m1/s1. The number of rotatable bonds is 12. The largest absolute Gasteiger partial charge is 0.411 e. The van der Waals surface area contributed by atoms with Crippen LogP contribution in [0.5, 0.6) is 0 Å². The summed E-state index contributed by atoms with van der Waals surface area (Å²) >= 11 is 1.56. The molecule has 1 aromatic rings. The molecule has 0 unspecified atom stereocenters. The number of ketones is 1. The lowest BCUT2D eigenvalue weighted by Gasteiger charge is -2.40. The molecule has 0 amide bonds. The van der Waals surface area contributed by atoms with Gasteiger partial charge in [0.05, 0.1) is 17.2 Å². The molecular weight excluding hydrogens is 422 g/mol. The van der Waals surface area contributed by atoms with Crippen molar-refractivity contribution in [3.05, 3.63) is 33.8 Å². The summed E-state index contributed by atoms with van der Waals surface area (Å²) < 4.78 is 6.60. The zero-order valence-corrected chi connectivity index (χ0v) is 22.8. The molecule has 0 bridgehead atoms. The highest BCUT2D eigenvalue weighted by molar-refractivity contribution is 7.12. The predicted molar refractivity (Wildman–Crippen MR) is 136 cm³/mol. The molecule has 6 heteroatoms. The number of hydrogen-bond donors (Lipinski definition) is 1. The van der Waals surface area contributed by atoms with E-state index in [0.29, 0.717) is 11.5 Å². The highest BCUT2D eigenvalue weighted by Crippen LogP contribution is 2.38. The fourth-order valence-electron chi connectivity index (χ4n) is 3.17. The highest BCUT2D eigenvalue weighted by atomic mass is 32.1. The molecule has 0 saturated heterocycles. The molecule has 0 aliphatic heterocycles. The fraction of sp³-hybridized carbons (Fsp3) is 0.680. The second-order valence-electron chi connectivity index (χ2n) is 10.2. The number of Topliss-reactive ketones (excluding diaryl/α,β-unsaturated/α-hetero) is 1. The number of allylic oxidation sites excluding steroid dienone is 3. The molecule has 0 radical (unpaired) electrons. The minimum atomic E-state index is -2.07. The third kappa shape index (κ3) is 9.52. The van der Waals surface area contributed by atoms with Gasteiger partial charge in [0, 0.05) is 17.5 Å². The van der Waals surface area contributed by atoms with Crippen LogP contribution >= 0.6 is 11.3 Å². The van der Waals surface area contributed by atoms with Gasteiger partial charge in [0.25, 0.3) is 0 Å². The summed E-state index contributed by atoms with van der Waals surface area (Å²) in [6, 6.07) is 0. The first-order valence-corrected chi connectivity index (χ1v) is 15.1. The first kappa shape index (κ1) is 28.0. The molecular formula is C25H43NO3SSi. The van der Waals surface area contributed by atoms with Gasteiger partial charge in [-0.05, 0) is 69.3 Å². The lowest BCUT2D eigenvalue weighted by atomic mass is 9.97. The summed E-state index contributed by atoms with van der Waals surface area (Å²) in [5.74, 6) is 0.468. The van der Waals surface area contributed by atoms with Crippen molar-refractivity contribution in [3.8, 4) is 0 Å². The van der Waals surface area contributed by atoms with Gasteiger partial charge < -0.3 is 9.53 Å². The van der Waals surface area contributed by atoms with E-state index < -0.39 is 14.4 Å². The van der Waals surface area contributed by atoms with Crippen molar-refractivity contribution in [1.29, 1.82) is 0 Å². The Morgan fingerprint density at radius 3 is 2.48 bits per heavy atom. The minimum absolute atomic E-state index is 0.0373. The van der Waals surface area contributed by atoms with E-state index in [9.17, 15) is 9.90 Å². The van der Waals surface area contributed by atoms with Crippen LogP contribution in [-0.2, 0) is 9.22 Å². The van der Waals surface area contributed by atoms with Crippen LogP contribution in [-0.4, -0.2) is 36.4 Å². The Balaban J connectivity index is 2.88. The zero-order chi connectivity index (χ0) is 23.8. The molecule has 0 spiro atoms. The molecule has 31 heavy (non-hydrogen) atoms. The van der Waals surface area contributed by atoms with Crippen LogP contribution in [0.4, 0.5) is 0 Å². The van der Waals surface area contributed by atoms with Crippen molar-refractivity contribution >= 4 is 31.5 Å². The summed E-state index contributed by atoms with van der Waals surface area (Å²) in [4.78, 5) is 18.0. The Bertz CT molecular complexity index is 761. The Morgan fingerprint density at radius 1 is 1.32 bits per heavy atom. The van der Waals surface area contributed by atoms with Gasteiger partial charge in [0.1, 0.15) is 0 Å². The first-order chi connectivity index (χ1) is 14.3. The van der Waals surface area contributed by atoms with Gasteiger partial charge in [-0.25, -0.2) is 4.98 Å². The topological polar surface area (TPSA) is 59.4 Å². The Hall–Kier alpha value is -1.08. The van der Waals surface area contributed by atoms with Gasteiger partial charge in [-0.2, -0.15) is 0 Å². The number of aliphatic hydroxyl groups excluding tert-OH is 1. The Kier molecular flexibility index (Phi) is 11.0. The van der Waals surface area contributed by atoms with Crippen molar-refractivity contribution in [2.24, 2.45) is 5.92 Å². The molecule has 176 valence electrons. The van der Waals surface area contributed by atoms with Crippen LogP contribution in [0.3, 0.4) is 0 Å². The molecule has 4 nitrogen and oxygen atoms in total. The van der Waals surface area contributed by atoms with Gasteiger partial charge in [-0.15, -0.1) is 11.3 Å². The van der Waals surface area contributed by atoms with Gasteiger partial charge in [0.2, 0.25) is 0 Å². The third-order valence-electron chi connectivity index (χ3n) is 6.18. The maximum Gasteiger partial charge on any atom is 0.192 e. The van der Waals surface area contributed by atoms with E-state index in [0.717, 1.165) is 29.1 Å². The van der Waals surface area contributed by atoms with Crippen molar-refractivity contribution in [3.63, 3.8) is 0 Å². The van der Waals surface area contributed by atoms with Crippen LogP contribution in [0.2, 0.25) is 18.1 Å². The maximum atomic E-state index is 12.8. The van der Waals surface area contributed by atoms with Crippen molar-refractivity contribution in [2.45, 2.75) is 104 Å². The normalized spacial score (nSPS) is 16.5. The van der Waals surface area contributed by atoms with E-state index in [2.05, 4.69) is 57.9 Å². The second-order valence-corrected chi connectivity index (χ2v) is 16.2. The average molecular weight is 466 g/mol. The van der Waals surface area contributed by atoms with E-state index in [-0.39, 0.29) is 23.3 Å². The van der Waals surface area contributed by atoms with Crippen LogP contribution in [0, 0.1) is 12.8 Å². The predicted octanol–water partition coefficient (Wildman–Crippen LogP) is 6.95. The molecule has 0 aliphatic carbocycles. The van der Waals surface area contributed by atoms with Crippen LogP contribution in [0.15, 0.2) is 23.9 Å². The molecule has 0 saturated carbocycles. The lowest BCUT2D eigenvalue weighted by molar-refractivity contribution is -0.119. The maximum absolute atomic E-state index is 12.8. The van der Waals surface area contributed by atoms with Crippen LogP contribution in [0.25, 0.3) is 6.08 Å². The molecule has 1 heterocycles. The molecule has 0 fully saturated rings. The summed E-state index contributed by atoms with van der Waals surface area (Å²) in [5, 5.41) is 12.0. The number of hydrogen-bond acceptors (Lipinski definition) is 5. The van der Waals surface area contributed by atoms with Gasteiger partial charge in [0.15, 0.2) is 14.1 Å².